The zero-order valence-electron chi connectivity index (χ0n) is 28.7. The largest absolute Gasteiger partial charge is 0.317 e. The van der Waals surface area contributed by atoms with Crippen molar-refractivity contribution in [3.8, 4) is 11.4 Å². The number of fused-ring (bicyclic) bond motifs is 8. The smallest absolute Gasteiger partial charge is 0.155 e. The first-order valence-corrected chi connectivity index (χ1v) is 18.1. The minimum atomic E-state index is -0.323. The summed E-state index contributed by atoms with van der Waals surface area (Å²) in [5.41, 5.74) is 10.1. The molecule has 52 heavy (non-hydrogen) atoms. The second-order valence-corrected chi connectivity index (χ2v) is 14.2. The van der Waals surface area contributed by atoms with Crippen LogP contribution in [0.4, 0.5) is 0 Å². The standard InChI is InChI=1S/C48H34N4/c1-31-45-46(49-47(32-14-5-2-6-15-32)50-48(31,45)34-17-7-3-8-18-34)33-16-13-21-36(30-33)52-42-23-12-11-22-40(42)44-39-25-26-41-38(37(39)24-27-43(44)52)28-29-51(41)35-19-9-4-10-20-35/h2-31,45H,1H3. The maximum absolute atomic E-state index is 5.43. The molecule has 3 atom stereocenters. The van der Waals surface area contributed by atoms with Gasteiger partial charge in [0.2, 0.25) is 0 Å². The number of nitrogens with zero attached hydrogens (tertiary/aromatic N) is 4. The van der Waals surface area contributed by atoms with Crippen LogP contribution in [0.2, 0.25) is 0 Å². The number of hydrogen-bond acceptors (Lipinski definition) is 2. The van der Waals surface area contributed by atoms with Crippen LogP contribution in [0.1, 0.15) is 23.6 Å². The summed E-state index contributed by atoms with van der Waals surface area (Å²) < 4.78 is 4.71. The Kier molecular flexibility index (Phi) is 6.18. The lowest BCUT2D eigenvalue weighted by Crippen LogP contribution is -2.23. The van der Waals surface area contributed by atoms with Crippen molar-refractivity contribution in [1.29, 1.82) is 0 Å². The summed E-state index contributed by atoms with van der Waals surface area (Å²) in [6.07, 6.45) is 2.19. The summed E-state index contributed by atoms with van der Waals surface area (Å²) in [5.74, 6) is 1.33. The molecule has 3 heterocycles. The lowest BCUT2D eigenvalue weighted by Gasteiger charge is -2.21. The van der Waals surface area contributed by atoms with Gasteiger partial charge in [0.15, 0.2) is 5.84 Å². The molecule has 0 bridgehead atoms. The van der Waals surface area contributed by atoms with Crippen LogP contribution < -0.4 is 0 Å². The van der Waals surface area contributed by atoms with Crippen LogP contribution in [0.25, 0.3) is 54.9 Å². The molecule has 9 aromatic rings. The Hall–Kier alpha value is -6.52. The van der Waals surface area contributed by atoms with E-state index in [1.54, 1.807) is 0 Å². The van der Waals surface area contributed by atoms with Gasteiger partial charge in [-0.2, -0.15) is 0 Å². The van der Waals surface area contributed by atoms with Crippen molar-refractivity contribution in [3.63, 3.8) is 0 Å². The predicted molar refractivity (Wildman–Crippen MR) is 215 cm³/mol. The molecule has 1 saturated carbocycles. The number of benzene rings is 7. The maximum Gasteiger partial charge on any atom is 0.155 e. The number of aromatic nitrogens is 2. The van der Waals surface area contributed by atoms with E-state index >= 15 is 0 Å². The fraction of sp³-hybridized carbons (Fsp3) is 0.0833. The van der Waals surface area contributed by atoms with Crippen LogP contribution >= 0.6 is 0 Å². The van der Waals surface area contributed by atoms with Gasteiger partial charge < -0.3 is 9.13 Å². The number of amidine groups is 1. The molecule has 7 aromatic carbocycles. The molecular weight excluding hydrogens is 633 g/mol. The van der Waals surface area contributed by atoms with E-state index in [1.807, 2.05) is 0 Å². The fourth-order valence-corrected chi connectivity index (χ4v) is 9.11. The van der Waals surface area contributed by atoms with Crippen LogP contribution in [0.3, 0.4) is 0 Å². The molecule has 246 valence electrons. The Morgan fingerprint density at radius 1 is 0.519 bits per heavy atom. The first-order valence-electron chi connectivity index (χ1n) is 18.1. The molecule has 2 aliphatic rings. The van der Waals surface area contributed by atoms with E-state index in [1.165, 1.54) is 54.7 Å². The number of hydrogen-bond donors (Lipinski definition) is 0. The van der Waals surface area contributed by atoms with Crippen molar-refractivity contribution in [2.24, 2.45) is 21.8 Å². The van der Waals surface area contributed by atoms with E-state index in [-0.39, 0.29) is 11.5 Å². The van der Waals surface area contributed by atoms with Gasteiger partial charge in [0.1, 0.15) is 5.54 Å². The molecule has 1 aliphatic heterocycles. The van der Waals surface area contributed by atoms with Gasteiger partial charge in [-0.15, -0.1) is 0 Å². The van der Waals surface area contributed by atoms with Crippen molar-refractivity contribution in [1.82, 2.24) is 9.13 Å². The summed E-state index contributed by atoms with van der Waals surface area (Å²) in [6.45, 7) is 2.33. The Bertz CT molecular complexity index is 2910. The average molecular weight is 667 g/mol. The molecule has 4 heteroatoms. The van der Waals surface area contributed by atoms with Crippen LogP contribution in [-0.4, -0.2) is 20.7 Å². The highest BCUT2D eigenvalue weighted by Gasteiger charge is 2.67. The summed E-state index contributed by atoms with van der Waals surface area (Å²) in [7, 11) is 0. The molecule has 0 amide bonds. The van der Waals surface area contributed by atoms with Gasteiger partial charge in [0.05, 0.1) is 22.3 Å². The molecule has 1 fully saturated rings. The van der Waals surface area contributed by atoms with Crippen LogP contribution in [-0.2, 0) is 5.54 Å². The quantitative estimate of drug-likeness (QED) is 0.175. The van der Waals surface area contributed by atoms with E-state index in [9.17, 15) is 0 Å². The number of rotatable bonds is 5. The third kappa shape index (κ3) is 4.09. The van der Waals surface area contributed by atoms with Crippen molar-refractivity contribution >= 4 is 55.0 Å². The molecule has 2 aromatic heterocycles. The number of para-hydroxylation sites is 2. The molecule has 4 nitrogen and oxygen atoms in total. The molecule has 0 N–H and O–H groups in total. The SMILES string of the molecule is CC1C2C(c3cccc(-n4c5ccccc5c5c6ccc7c(ccn7-c7ccccc7)c6ccc54)c3)=NC(c3ccccc3)=NC12c1ccccc1. The molecule has 3 unspecified atom stereocenters. The lowest BCUT2D eigenvalue weighted by atomic mass is 9.95. The van der Waals surface area contributed by atoms with Crippen LogP contribution in [0, 0.1) is 11.8 Å². The highest BCUT2D eigenvalue weighted by molar-refractivity contribution is 6.25. The van der Waals surface area contributed by atoms with Crippen molar-refractivity contribution in [3.05, 3.63) is 193 Å². The van der Waals surface area contributed by atoms with Gasteiger partial charge in [-0.25, -0.2) is 4.99 Å². The average Bonchev–Trinajstić information content (AvgIpc) is 3.47. The molecule has 0 radical (unpaired) electrons. The van der Waals surface area contributed by atoms with Gasteiger partial charge in [0, 0.05) is 45.2 Å². The lowest BCUT2D eigenvalue weighted by molar-refractivity contribution is 0.656. The second-order valence-electron chi connectivity index (χ2n) is 14.2. The monoisotopic (exact) mass is 666 g/mol. The third-order valence-corrected chi connectivity index (χ3v) is 11.6. The van der Waals surface area contributed by atoms with E-state index in [4.69, 9.17) is 9.98 Å². The highest BCUT2D eigenvalue weighted by atomic mass is 15.1. The summed E-state index contributed by atoms with van der Waals surface area (Å²) in [4.78, 5) is 10.8. The molecule has 11 rings (SSSR count). The van der Waals surface area contributed by atoms with Crippen LogP contribution in [0.5, 0.6) is 0 Å². The van der Waals surface area contributed by atoms with Gasteiger partial charge in [-0.3, -0.25) is 4.99 Å². The topological polar surface area (TPSA) is 34.6 Å². The van der Waals surface area contributed by atoms with Gasteiger partial charge >= 0.3 is 0 Å². The zero-order valence-corrected chi connectivity index (χ0v) is 28.7. The second kappa shape index (κ2) is 11.0. The van der Waals surface area contributed by atoms with Crippen molar-refractivity contribution in [2.75, 3.05) is 0 Å². The Morgan fingerprint density at radius 2 is 1.19 bits per heavy atom. The van der Waals surface area contributed by atoms with Crippen molar-refractivity contribution in [2.45, 2.75) is 12.5 Å². The fourth-order valence-electron chi connectivity index (χ4n) is 9.11. The molecular formula is C48H34N4. The Morgan fingerprint density at radius 3 is 2.02 bits per heavy atom. The Labute approximate surface area is 301 Å². The first kappa shape index (κ1) is 29.2. The molecule has 0 spiro atoms. The molecule has 0 saturated heterocycles. The zero-order chi connectivity index (χ0) is 34.4. The molecule has 1 aliphatic carbocycles. The summed E-state index contributed by atoms with van der Waals surface area (Å²) in [6, 6.07) is 61.1. The van der Waals surface area contributed by atoms with E-state index < -0.39 is 0 Å². The van der Waals surface area contributed by atoms with E-state index in [2.05, 4.69) is 192 Å². The minimum Gasteiger partial charge on any atom is -0.317 e. The van der Waals surface area contributed by atoms with Crippen molar-refractivity contribution < 1.29 is 0 Å². The van der Waals surface area contributed by atoms with E-state index in [0.717, 1.165) is 28.4 Å². The van der Waals surface area contributed by atoms with Crippen LogP contribution in [0.15, 0.2) is 186 Å². The predicted octanol–water partition coefficient (Wildman–Crippen LogP) is 11.3. The highest BCUT2D eigenvalue weighted by Crippen LogP contribution is 2.63. The maximum atomic E-state index is 5.43. The first-order chi connectivity index (χ1) is 25.7. The Balaban J connectivity index is 1.09. The van der Waals surface area contributed by atoms with Gasteiger partial charge in [-0.1, -0.05) is 128 Å². The normalized spacial score (nSPS) is 19.6. The third-order valence-electron chi connectivity index (χ3n) is 11.6. The number of aliphatic imine (C=N–C) groups is 2. The van der Waals surface area contributed by atoms with E-state index in [0.29, 0.717) is 5.92 Å². The van der Waals surface area contributed by atoms with Gasteiger partial charge in [-0.05, 0) is 76.3 Å². The summed E-state index contributed by atoms with van der Waals surface area (Å²) in [5, 5.41) is 6.32. The minimum absolute atomic E-state index is 0.199. The summed E-state index contributed by atoms with van der Waals surface area (Å²) >= 11 is 0. The van der Waals surface area contributed by atoms with Gasteiger partial charge in [0.25, 0.3) is 0 Å².